The summed E-state index contributed by atoms with van der Waals surface area (Å²) in [6.45, 7) is 0. The zero-order chi connectivity index (χ0) is 10.8. The second kappa shape index (κ2) is 3.81. The van der Waals surface area contributed by atoms with Crippen molar-refractivity contribution in [3.05, 3.63) is 12.4 Å². The van der Waals surface area contributed by atoms with E-state index in [0.29, 0.717) is 0 Å². The van der Waals surface area contributed by atoms with Crippen LogP contribution in [0, 0.1) is 0 Å². The van der Waals surface area contributed by atoms with Gasteiger partial charge in [0.2, 0.25) is 10.0 Å². The van der Waals surface area contributed by atoms with Gasteiger partial charge in [-0.1, -0.05) is 0 Å². The second-order valence-electron chi connectivity index (χ2n) is 2.42. The first kappa shape index (κ1) is 10.7. The van der Waals surface area contributed by atoms with Gasteiger partial charge in [0.1, 0.15) is 0 Å². The van der Waals surface area contributed by atoms with Gasteiger partial charge in [0.25, 0.3) is 0 Å². The molecule has 0 aromatic carbocycles. The number of nitrogens with two attached hydrogens (primary N) is 1. The van der Waals surface area contributed by atoms with Crippen LogP contribution in [0.5, 0.6) is 11.5 Å². The lowest BCUT2D eigenvalue weighted by Crippen LogP contribution is -2.15. The van der Waals surface area contributed by atoms with Gasteiger partial charge in [0.05, 0.1) is 26.6 Å². The molecular weight excluding hydrogens is 208 g/mol. The zero-order valence-corrected chi connectivity index (χ0v) is 8.54. The lowest BCUT2D eigenvalue weighted by molar-refractivity contribution is 0.370. The van der Waals surface area contributed by atoms with Crippen LogP contribution in [0.1, 0.15) is 0 Å². The first-order valence-electron chi connectivity index (χ1n) is 3.59. The van der Waals surface area contributed by atoms with Crippen molar-refractivity contribution in [2.75, 3.05) is 14.2 Å². The highest BCUT2D eigenvalue weighted by molar-refractivity contribution is 7.89. The topological polar surface area (TPSA) is 91.5 Å². The molecular formula is C7H10N2O4S. The van der Waals surface area contributed by atoms with Gasteiger partial charge in [-0.05, 0) is 0 Å². The van der Waals surface area contributed by atoms with Crippen LogP contribution < -0.4 is 14.6 Å². The first-order chi connectivity index (χ1) is 6.50. The molecule has 1 heterocycles. The standard InChI is InChI=1S/C7H10N2O4S/c1-12-5-3-9-4-6(13-2)7(5)14(8,10)11/h3-4H,1-2H3,(H2,8,10,11). The highest BCUT2D eigenvalue weighted by atomic mass is 32.2. The normalized spacial score (nSPS) is 11.1. The van der Waals surface area contributed by atoms with Gasteiger partial charge in [-0.15, -0.1) is 0 Å². The number of nitrogens with zero attached hydrogens (tertiary/aromatic N) is 1. The minimum atomic E-state index is -3.88. The van der Waals surface area contributed by atoms with Gasteiger partial charge >= 0.3 is 0 Å². The van der Waals surface area contributed by atoms with Crippen LogP contribution in [-0.2, 0) is 10.0 Å². The van der Waals surface area contributed by atoms with E-state index in [2.05, 4.69) is 4.98 Å². The summed E-state index contributed by atoms with van der Waals surface area (Å²) in [5.74, 6) is 0.124. The molecule has 7 heteroatoms. The molecule has 0 spiro atoms. The molecule has 0 aliphatic heterocycles. The number of pyridine rings is 1. The van der Waals surface area contributed by atoms with Crippen molar-refractivity contribution in [1.29, 1.82) is 0 Å². The number of hydrogen-bond donors (Lipinski definition) is 1. The Morgan fingerprint density at radius 2 is 1.64 bits per heavy atom. The van der Waals surface area contributed by atoms with Crippen LogP contribution >= 0.6 is 0 Å². The minimum Gasteiger partial charge on any atom is -0.494 e. The fourth-order valence-corrected chi connectivity index (χ4v) is 1.82. The third kappa shape index (κ3) is 1.94. The Balaban J connectivity index is 3.50. The Hall–Kier alpha value is -1.34. The van der Waals surface area contributed by atoms with E-state index in [0.717, 1.165) is 0 Å². The molecule has 0 aliphatic rings. The van der Waals surface area contributed by atoms with Crippen molar-refractivity contribution < 1.29 is 17.9 Å². The summed E-state index contributed by atoms with van der Waals surface area (Å²) in [4.78, 5) is 3.53. The van der Waals surface area contributed by atoms with E-state index in [-0.39, 0.29) is 16.4 Å². The fourth-order valence-electron chi connectivity index (χ4n) is 0.983. The third-order valence-electron chi connectivity index (χ3n) is 1.56. The van der Waals surface area contributed by atoms with Gasteiger partial charge in [0.15, 0.2) is 16.4 Å². The highest BCUT2D eigenvalue weighted by Crippen LogP contribution is 2.30. The lowest BCUT2D eigenvalue weighted by atomic mass is 10.4. The van der Waals surface area contributed by atoms with Crippen molar-refractivity contribution in [1.82, 2.24) is 4.98 Å². The number of aromatic nitrogens is 1. The Bertz CT molecular complexity index is 407. The first-order valence-corrected chi connectivity index (χ1v) is 5.14. The number of hydrogen-bond acceptors (Lipinski definition) is 5. The maximum atomic E-state index is 11.2. The Morgan fingerprint density at radius 3 is 1.93 bits per heavy atom. The van der Waals surface area contributed by atoms with Gasteiger partial charge < -0.3 is 9.47 Å². The van der Waals surface area contributed by atoms with E-state index in [9.17, 15) is 8.42 Å². The van der Waals surface area contributed by atoms with E-state index < -0.39 is 10.0 Å². The molecule has 0 aliphatic carbocycles. The van der Waals surface area contributed by atoms with Gasteiger partial charge in [0, 0.05) is 0 Å². The largest absolute Gasteiger partial charge is 0.494 e. The van der Waals surface area contributed by atoms with Crippen molar-refractivity contribution in [3.8, 4) is 11.5 Å². The molecule has 0 bridgehead atoms. The molecule has 1 rings (SSSR count). The Kier molecular flexibility index (Phi) is 2.92. The van der Waals surface area contributed by atoms with Crippen LogP contribution in [0.3, 0.4) is 0 Å². The summed E-state index contributed by atoms with van der Waals surface area (Å²) in [7, 11) is -1.23. The number of rotatable bonds is 3. The molecule has 0 saturated heterocycles. The molecule has 0 unspecified atom stereocenters. The summed E-state index contributed by atoms with van der Waals surface area (Å²) in [5, 5.41) is 4.99. The summed E-state index contributed by atoms with van der Waals surface area (Å²) in [6.07, 6.45) is 2.50. The lowest BCUT2D eigenvalue weighted by Gasteiger charge is -2.09. The smallest absolute Gasteiger partial charge is 0.245 e. The summed E-state index contributed by atoms with van der Waals surface area (Å²) >= 11 is 0. The van der Waals surface area contributed by atoms with E-state index in [4.69, 9.17) is 14.6 Å². The molecule has 1 aromatic rings. The minimum absolute atomic E-state index is 0.0619. The summed E-state index contributed by atoms with van der Waals surface area (Å²) in [5.41, 5.74) is 0. The monoisotopic (exact) mass is 218 g/mol. The molecule has 0 fully saturated rings. The molecule has 0 atom stereocenters. The number of methoxy groups -OCH3 is 2. The quantitative estimate of drug-likeness (QED) is 0.755. The maximum absolute atomic E-state index is 11.2. The summed E-state index contributed by atoms with van der Waals surface area (Å²) in [6, 6.07) is 0. The number of sulfonamides is 1. The van der Waals surface area contributed by atoms with E-state index in [1.54, 1.807) is 0 Å². The van der Waals surface area contributed by atoms with E-state index in [1.165, 1.54) is 26.6 Å². The fraction of sp³-hybridized carbons (Fsp3) is 0.286. The predicted molar refractivity (Wildman–Crippen MR) is 48.7 cm³/mol. The Morgan fingerprint density at radius 1 is 1.21 bits per heavy atom. The van der Waals surface area contributed by atoms with Crippen LogP contribution in [-0.4, -0.2) is 27.6 Å². The van der Waals surface area contributed by atoms with Gasteiger partial charge in [-0.2, -0.15) is 0 Å². The van der Waals surface area contributed by atoms with Crippen molar-refractivity contribution in [2.24, 2.45) is 5.14 Å². The Labute approximate surface area is 81.7 Å². The van der Waals surface area contributed by atoms with E-state index in [1.807, 2.05) is 0 Å². The molecule has 2 N–H and O–H groups in total. The average Bonchev–Trinajstić information content (AvgIpc) is 2.15. The molecule has 0 radical (unpaired) electrons. The van der Waals surface area contributed by atoms with Crippen LogP contribution in [0.4, 0.5) is 0 Å². The highest BCUT2D eigenvalue weighted by Gasteiger charge is 2.21. The van der Waals surface area contributed by atoms with Gasteiger partial charge in [-0.3, -0.25) is 4.98 Å². The third-order valence-corrected chi connectivity index (χ3v) is 2.53. The van der Waals surface area contributed by atoms with Gasteiger partial charge in [-0.25, -0.2) is 13.6 Å². The maximum Gasteiger partial charge on any atom is 0.245 e. The van der Waals surface area contributed by atoms with Crippen LogP contribution in [0.2, 0.25) is 0 Å². The molecule has 6 nitrogen and oxygen atoms in total. The predicted octanol–water partition coefficient (Wildman–Crippen LogP) is -0.254. The SMILES string of the molecule is COc1cncc(OC)c1S(N)(=O)=O. The van der Waals surface area contributed by atoms with E-state index >= 15 is 0 Å². The van der Waals surface area contributed by atoms with Crippen molar-refractivity contribution >= 4 is 10.0 Å². The molecule has 1 aromatic heterocycles. The molecule has 78 valence electrons. The van der Waals surface area contributed by atoms with Crippen molar-refractivity contribution in [2.45, 2.75) is 4.90 Å². The number of primary sulfonamides is 1. The van der Waals surface area contributed by atoms with Crippen molar-refractivity contribution in [3.63, 3.8) is 0 Å². The molecule has 0 amide bonds. The summed E-state index contributed by atoms with van der Waals surface area (Å²) < 4.78 is 32.0. The second-order valence-corrected chi connectivity index (χ2v) is 3.92. The zero-order valence-electron chi connectivity index (χ0n) is 7.72. The van der Waals surface area contributed by atoms with Crippen LogP contribution in [0.15, 0.2) is 17.3 Å². The molecule has 0 saturated carbocycles. The number of ether oxygens (including phenoxy) is 2. The van der Waals surface area contributed by atoms with Crippen LogP contribution in [0.25, 0.3) is 0 Å². The average molecular weight is 218 g/mol. The molecule has 14 heavy (non-hydrogen) atoms.